The van der Waals surface area contributed by atoms with Gasteiger partial charge in [-0.05, 0) is 29.3 Å². The second-order valence-electron chi connectivity index (χ2n) is 4.80. The van der Waals surface area contributed by atoms with Gasteiger partial charge in [0.2, 0.25) is 0 Å². The fraction of sp³-hybridized carbons (Fsp3) is 0.714. The van der Waals surface area contributed by atoms with E-state index in [4.69, 9.17) is 14.5 Å². The zero-order valence-electron chi connectivity index (χ0n) is 12.3. The second kappa shape index (κ2) is 6.83. The summed E-state index contributed by atoms with van der Waals surface area (Å²) in [5.74, 6) is 1.59. The van der Waals surface area contributed by atoms with E-state index in [2.05, 4.69) is 33.2 Å². The van der Waals surface area contributed by atoms with Crippen LogP contribution < -0.4 is 5.32 Å². The van der Waals surface area contributed by atoms with Gasteiger partial charge in [0, 0.05) is 39.7 Å². The number of nitrogens with one attached hydrogen (secondary N) is 1. The Balaban J connectivity index is 2.47. The summed E-state index contributed by atoms with van der Waals surface area (Å²) in [4.78, 5) is 9.40. The Bertz CT molecular complexity index is 431. The number of halogens is 1. The van der Waals surface area contributed by atoms with E-state index < -0.39 is 5.60 Å². The molecule has 1 N–H and O–H groups in total. The van der Waals surface area contributed by atoms with Crippen LogP contribution in [0.3, 0.4) is 0 Å². The van der Waals surface area contributed by atoms with E-state index >= 15 is 0 Å². The minimum absolute atomic E-state index is 0.413. The standard InChI is InChI=1S/C14H22BrN3O2/c1-4-10-11(15)12(16-3)18-13(17-10)14(20-5-2)6-8-19-9-7-14/h4-9H2,1-3H3,(H,16,17,18). The van der Waals surface area contributed by atoms with Crippen LogP contribution >= 0.6 is 15.9 Å². The third-order valence-electron chi connectivity index (χ3n) is 3.62. The summed E-state index contributed by atoms with van der Waals surface area (Å²) in [5.41, 5.74) is 0.591. The maximum atomic E-state index is 6.05. The number of hydrogen-bond donors (Lipinski definition) is 1. The summed E-state index contributed by atoms with van der Waals surface area (Å²) >= 11 is 3.56. The quantitative estimate of drug-likeness (QED) is 0.890. The summed E-state index contributed by atoms with van der Waals surface area (Å²) < 4.78 is 12.5. The van der Waals surface area contributed by atoms with E-state index in [0.29, 0.717) is 19.8 Å². The van der Waals surface area contributed by atoms with Crippen LogP contribution in [-0.4, -0.2) is 36.8 Å². The molecule has 0 unspecified atom stereocenters. The van der Waals surface area contributed by atoms with Crippen molar-refractivity contribution < 1.29 is 9.47 Å². The van der Waals surface area contributed by atoms with Crippen LogP contribution in [0.4, 0.5) is 5.82 Å². The summed E-state index contributed by atoms with van der Waals surface area (Å²) in [7, 11) is 1.87. The summed E-state index contributed by atoms with van der Waals surface area (Å²) in [6.07, 6.45) is 2.45. The molecule has 0 saturated carbocycles. The molecule has 1 aromatic heterocycles. The number of nitrogens with zero attached hydrogens (tertiary/aromatic N) is 2. The molecule has 1 fully saturated rings. The highest BCUT2D eigenvalue weighted by molar-refractivity contribution is 9.10. The third-order valence-corrected chi connectivity index (χ3v) is 4.45. The topological polar surface area (TPSA) is 56.3 Å². The van der Waals surface area contributed by atoms with Crippen molar-refractivity contribution in [2.75, 3.05) is 32.2 Å². The predicted molar refractivity (Wildman–Crippen MR) is 82.0 cm³/mol. The Morgan fingerprint density at radius 3 is 2.55 bits per heavy atom. The molecular weight excluding hydrogens is 322 g/mol. The lowest BCUT2D eigenvalue weighted by Gasteiger charge is -2.35. The maximum absolute atomic E-state index is 6.05. The number of hydrogen-bond acceptors (Lipinski definition) is 5. The zero-order chi connectivity index (χ0) is 14.6. The average Bonchev–Trinajstić information content (AvgIpc) is 2.48. The van der Waals surface area contributed by atoms with Crippen molar-refractivity contribution in [2.24, 2.45) is 0 Å². The second-order valence-corrected chi connectivity index (χ2v) is 5.59. The number of aryl methyl sites for hydroxylation is 1. The molecule has 0 aromatic carbocycles. The van der Waals surface area contributed by atoms with Gasteiger partial charge in [0.1, 0.15) is 11.4 Å². The van der Waals surface area contributed by atoms with Crippen LogP contribution in [0.5, 0.6) is 0 Å². The first-order valence-corrected chi connectivity index (χ1v) is 7.92. The van der Waals surface area contributed by atoms with Crippen molar-refractivity contribution in [3.63, 3.8) is 0 Å². The smallest absolute Gasteiger partial charge is 0.163 e. The van der Waals surface area contributed by atoms with Gasteiger partial charge in [0.15, 0.2) is 5.82 Å². The highest BCUT2D eigenvalue weighted by Gasteiger charge is 2.39. The van der Waals surface area contributed by atoms with Crippen LogP contribution in [0.25, 0.3) is 0 Å². The molecule has 1 aromatic rings. The molecule has 0 aliphatic carbocycles. The first-order chi connectivity index (χ1) is 9.66. The minimum Gasteiger partial charge on any atom is -0.381 e. The van der Waals surface area contributed by atoms with E-state index in [9.17, 15) is 0 Å². The molecule has 0 spiro atoms. The van der Waals surface area contributed by atoms with Crippen LogP contribution in [0.2, 0.25) is 0 Å². The Morgan fingerprint density at radius 2 is 2.00 bits per heavy atom. The van der Waals surface area contributed by atoms with Crippen molar-refractivity contribution in [2.45, 2.75) is 38.7 Å². The van der Waals surface area contributed by atoms with Gasteiger partial charge < -0.3 is 14.8 Å². The van der Waals surface area contributed by atoms with Gasteiger partial charge in [-0.2, -0.15) is 0 Å². The van der Waals surface area contributed by atoms with Crippen molar-refractivity contribution in [3.05, 3.63) is 16.0 Å². The lowest BCUT2D eigenvalue weighted by molar-refractivity contribution is -0.117. The highest BCUT2D eigenvalue weighted by atomic mass is 79.9. The summed E-state index contributed by atoms with van der Waals surface area (Å²) in [6.45, 7) is 6.13. The van der Waals surface area contributed by atoms with Gasteiger partial charge in [-0.3, -0.25) is 0 Å². The van der Waals surface area contributed by atoms with Crippen molar-refractivity contribution in [1.82, 2.24) is 9.97 Å². The zero-order valence-corrected chi connectivity index (χ0v) is 13.9. The van der Waals surface area contributed by atoms with E-state index in [1.807, 2.05) is 14.0 Å². The Morgan fingerprint density at radius 1 is 1.30 bits per heavy atom. The molecular formula is C14H22BrN3O2. The van der Waals surface area contributed by atoms with E-state index in [1.165, 1.54) is 0 Å². The molecule has 0 amide bonds. The molecule has 20 heavy (non-hydrogen) atoms. The lowest BCUT2D eigenvalue weighted by Crippen LogP contribution is -2.38. The van der Waals surface area contributed by atoms with Gasteiger partial charge in [0.05, 0.1) is 10.2 Å². The van der Waals surface area contributed by atoms with Gasteiger partial charge in [-0.1, -0.05) is 6.92 Å². The molecule has 1 saturated heterocycles. The third kappa shape index (κ3) is 2.97. The molecule has 0 atom stereocenters. The molecule has 5 nitrogen and oxygen atoms in total. The predicted octanol–water partition coefficient (Wildman–Crippen LogP) is 2.89. The maximum Gasteiger partial charge on any atom is 0.163 e. The first kappa shape index (κ1) is 15.7. The van der Waals surface area contributed by atoms with E-state index in [-0.39, 0.29) is 0 Å². The van der Waals surface area contributed by atoms with Crippen molar-refractivity contribution >= 4 is 21.7 Å². The lowest BCUT2D eigenvalue weighted by atomic mass is 9.92. The number of ether oxygens (including phenoxy) is 2. The number of aromatic nitrogens is 2. The number of anilines is 1. The van der Waals surface area contributed by atoms with Crippen LogP contribution in [0.1, 0.15) is 38.2 Å². The van der Waals surface area contributed by atoms with Crippen molar-refractivity contribution in [1.29, 1.82) is 0 Å². The summed E-state index contributed by atoms with van der Waals surface area (Å²) in [6, 6.07) is 0. The van der Waals surface area contributed by atoms with Gasteiger partial charge in [-0.15, -0.1) is 0 Å². The molecule has 112 valence electrons. The molecule has 0 bridgehead atoms. The highest BCUT2D eigenvalue weighted by Crippen LogP contribution is 2.36. The monoisotopic (exact) mass is 343 g/mol. The van der Waals surface area contributed by atoms with Crippen LogP contribution in [0, 0.1) is 0 Å². The van der Waals surface area contributed by atoms with E-state index in [1.54, 1.807) is 0 Å². The average molecular weight is 344 g/mol. The fourth-order valence-corrected chi connectivity index (χ4v) is 3.16. The molecule has 2 heterocycles. The SMILES string of the molecule is CCOC1(c2nc(CC)c(Br)c(NC)n2)CCOCC1. The Kier molecular flexibility index (Phi) is 5.35. The van der Waals surface area contributed by atoms with E-state index in [0.717, 1.165) is 41.1 Å². The van der Waals surface area contributed by atoms with Crippen LogP contribution in [0.15, 0.2) is 4.47 Å². The van der Waals surface area contributed by atoms with Crippen molar-refractivity contribution in [3.8, 4) is 0 Å². The van der Waals surface area contributed by atoms with Gasteiger partial charge in [-0.25, -0.2) is 9.97 Å². The normalized spacial score (nSPS) is 18.0. The van der Waals surface area contributed by atoms with Crippen LogP contribution in [-0.2, 0) is 21.5 Å². The largest absolute Gasteiger partial charge is 0.381 e. The first-order valence-electron chi connectivity index (χ1n) is 7.13. The van der Waals surface area contributed by atoms with Gasteiger partial charge >= 0.3 is 0 Å². The molecule has 0 radical (unpaired) electrons. The molecule has 1 aliphatic heterocycles. The molecule has 1 aliphatic rings. The Labute approximate surface area is 128 Å². The molecule has 6 heteroatoms. The number of rotatable bonds is 5. The minimum atomic E-state index is -0.413. The Hall–Kier alpha value is -0.720. The van der Waals surface area contributed by atoms with Gasteiger partial charge in [0.25, 0.3) is 0 Å². The summed E-state index contributed by atoms with van der Waals surface area (Å²) in [5, 5.41) is 3.12. The molecule has 2 rings (SSSR count). The fourth-order valence-electron chi connectivity index (χ4n) is 2.51.